The first kappa shape index (κ1) is 11.5. The molecule has 0 bridgehead atoms. The zero-order valence-electron chi connectivity index (χ0n) is 10.5. The highest BCUT2D eigenvalue weighted by Gasteiger charge is 2.06. The number of nitrogens with two attached hydrogens (primary N) is 1. The lowest BCUT2D eigenvalue weighted by atomic mass is 9.97. The van der Waals surface area contributed by atoms with Crippen molar-refractivity contribution in [3.63, 3.8) is 0 Å². The van der Waals surface area contributed by atoms with Crippen molar-refractivity contribution in [1.29, 1.82) is 0 Å². The molecule has 3 aromatic rings. The molecule has 1 aromatic heterocycles. The lowest BCUT2D eigenvalue weighted by Gasteiger charge is -2.09. The van der Waals surface area contributed by atoms with E-state index in [-0.39, 0.29) is 0 Å². The van der Waals surface area contributed by atoms with E-state index in [1.807, 2.05) is 60.8 Å². The van der Waals surface area contributed by atoms with E-state index in [2.05, 4.69) is 17.1 Å². The molecule has 0 amide bonds. The van der Waals surface area contributed by atoms with Crippen LogP contribution in [0.2, 0.25) is 0 Å². The molecule has 0 unspecified atom stereocenters. The molecule has 2 N–H and O–H groups in total. The van der Waals surface area contributed by atoms with E-state index in [0.717, 1.165) is 22.5 Å². The number of hydrogen-bond donors (Lipinski definition) is 1. The van der Waals surface area contributed by atoms with Crippen molar-refractivity contribution in [1.82, 2.24) is 4.98 Å². The third-order valence-electron chi connectivity index (χ3n) is 3.09. The third-order valence-corrected chi connectivity index (χ3v) is 3.09. The van der Waals surface area contributed by atoms with Crippen LogP contribution < -0.4 is 5.73 Å². The van der Waals surface area contributed by atoms with Crippen LogP contribution in [0.25, 0.3) is 22.4 Å². The van der Waals surface area contributed by atoms with Crippen molar-refractivity contribution in [2.75, 3.05) is 5.73 Å². The largest absolute Gasteiger partial charge is 0.399 e. The van der Waals surface area contributed by atoms with Crippen molar-refractivity contribution in [3.05, 3.63) is 72.9 Å². The van der Waals surface area contributed by atoms with E-state index in [0.29, 0.717) is 0 Å². The molecular formula is C17H14N2. The highest BCUT2D eigenvalue weighted by Crippen LogP contribution is 2.30. The van der Waals surface area contributed by atoms with Crippen LogP contribution >= 0.6 is 0 Å². The van der Waals surface area contributed by atoms with Gasteiger partial charge in [-0.15, -0.1) is 0 Å². The summed E-state index contributed by atoms with van der Waals surface area (Å²) in [7, 11) is 0. The van der Waals surface area contributed by atoms with Crippen LogP contribution in [-0.2, 0) is 0 Å². The lowest BCUT2D eigenvalue weighted by molar-refractivity contribution is 1.33. The van der Waals surface area contributed by atoms with Gasteiger partial charge in [0.2, 0.25) is 0 Å². The second-order valence-electron chi connectivity index (χ2n) is 4.38. The minimum absolute atomic E-state index is 0.777. The Hall–Kier alpha value is -2.61. The van der Waals surface area contributed by atoms with Gasteiger partial charge in [0.1, 0.15) is 0 Å². The molecule has 0 spiro atoms. The third kappa shape index (κ3) is 2.33. The monoisotopic (exact) mass is 246 g/mol. The highest BCUT2D eigenvalue weighted by molar-refractivity contribution is 5.82. The Balaban J connectivity index is 2.15. The first-order chi connectivity index (χ1) is 9.34. The van der Waals surface area contributed by atoms with Gasteiger partial charge in [0, 0.05) is 17.4 Å². The molecule has 0 saturated heterocycles. The number of rotatable bonds is 2. The van der Waals surface area contributed by atoms with Crippen LogP contribution in [0.1, 0.15) is 0 Å². The molecule has 2 aromatic carbocycles. The van der Waals surface area contributed by atoms with Gasteiger partial charge in [-0.1, -0.05) is 42.5 Å². The van der Waals surface area contributed by atoms with E-state index in [4.69, 9.17) is 5.73 Å². The van der Waals surface area contributed by atoms with Gasteiger partial charge in [-0.25, -0.2) is 0 Å². The minimum Gasteiger partial charge on any atom is -0.399 e. The fraction of sp³-hybridized carbons (Fsp3) is 0. The first-order valence-electron chi connectivity index (χ1n) is 6.21. The summed E-state index contributed by atoms with van der Waals surface area (Å²) in [4.78, 5) is 4.43. The van der Waals surface area contributed by atoms with Crippen molar-refractivity contribution < 1.29 is 0 Å². The Morgan fingerprint density at radius 3 is 2.05 bits per heavy atom. The van der Waals surface area contributed by atoms with Crippen LogP contribution in [0.4, 0.5) is 5.69 Å². The van der Waals surface area contributed by atoms with Crippen LogP contribution in [0, 0.1) is 0 Å². The zero-order valence-corrected chi connectivity index (χ0v) is 10.5. The van der Waals surface area contributed by atoms with E-state index < -0.39 is 0 Å². The summed E-state index contributed by atoms with van der Waals surface area (Å²) in [6, 6.07) is 22.1. The molecule has 0 saturated carbocycles. The Labute approximate surface area is 112 Å². The van der Waals surface area contributed by atoms with Gasteiger partial charge >= 0.3 is 0 Å². The van der Waals surface area contributed by atoms with E-state index in [1.54, 1.807) is 0 Å². The van der Waals surface area contributed by atoms with Crippen molar-refractivity contribution >= 4 is 5.69 Å². The summed E-state index contributed by atoms with van der Waals surface area (Å²) in [6.07, 6.45) is 1.81. The number of hydrogen-bond acceptors (Lipinski definition) is 2. The molecule has 0 radical (unpaired) electrons. The van der Waals surface area contributed by atoms with Crippen molar-refractivity contribution in [2.24, 2.45) is 0 Å². The van der Waals surface area contributed by atoms with Crippen LogP contribution in [-0.4, -0.2) is 4.98 Å². The van der Waals surface area contributed by atoms with Gasteiger partial charge in [-0.2, -0.15) is 0 Å². The fourth-order valence-electron chi connectivity index (χ4n) is 2.14. The second kappa shape index (κ2) is 4.94. The summed E-state index contributed by atoms with van der Waals surface area (Å²) in [5, 5.41) is 0. The lowest BCUT2D eigenvalue weighted by Crippen LogP contribution is -1.88. The predicted octanol–water partition coefficient (Wildman–Crippen LogP) is 4.00. The molecule has 0 aliphatic rings. The Morgan fingerprint density at radius 2 is 1.37 bits per heavy atom. The zero-order chi connectivity index (χ0) is 13.1. The molecule has 92 valence electrons. The molecule has 2 nitrogen and oxygen atoms in total. The molecule has 0 fully saturated rings. The quantitative estimate of drug-likeness (QED) is 0.694. The smallest absolute Gasteiger partial charge is 0.0708 e. The van der Waals surface area contributed by atoms with Gasteiger partial charge in [0.05, 0.1) is 5.69 Å². The Kier molecular flexibility index (Phi) is 2.99. The average Bonchev–Trinajstić information content (AvgIpc) is 2.49. The van der Waals surface area contributed by atoms with Gasteiger partial charge < -0.3 is 5.73 Å². The van der Waals surface area contributed by atoms with Crippen molar-refractivity contribution in [3.8, 4) is 22.4 Å². The minimum atomic E-state index is 0.777. The molecule has 19 heavy (non-hydrogen) atoms. The Morgan fingerprint density at radius 1 is 0.684 bits per heavy atom. The molecule has 0 atom stereocenters. The molecule has 2 heteroatoms. The maximum absolute atomic E-state index is 5.74. The van der Waals surface area contributed by atoms with Gasteiger partial charge in [0.15, 0.2) is 0 Å². The number of aromatic nitrogens is 1. The SMILES string of the molecule is Nc1ccc(-c2ccccc2-c2ccccn2)cc1. The highest BCUT2D eigenvalue weighted by atomic mass is 14.7. The molecule has 1 heterocycles. The molecule has 0 aliphatic heterocycles. The summed E-state index contributed by atoms with van der Waals surface area (Å²) in [5.41, 5.74) is 10.9. The number of nitrogens with zero attached hydrogens (tertiary/aromatic N) is 1. The van der Waals surface area contributed by atoms with Gasteiger partial charge in [-0.05, 0) is 35.4 Å². The maximum Gasteiger partial charge on any atom is 0.0708 e. The summed E-state index contributed by atoms with van der Waals surface area (Å²) in [6.45, 7) is 0. The van der Waals surface area contributed by atoms with Crippen LogP contribution in [0.5, 0.6) is 0 Å². The second-order valence-corrected chi connectivity index (χ2v) is 4.38. The van der Waals surface area contributed by atoms with Gasteiger partial charge in [0.25, 0.3) is 0 Å². The number of pyridine rings is 1. The number of anilines is 1. The molecule has 3 rings (SSSR count). The summed E-state index contributed by atoms with van der Waals surface area (Å²) < 4.78 is 0. The molecular weight excluding hydrogens is 232 g/mol. The fourth-order valence-corrected chi connectivity index (χ4v) is 2.14. The first-order valence-corrected chi connectivity index (χ1v) is 6.21. The maximum atomic E-state index is 5.74. The predicted molar refractivity (Wildman–Crippen MR) is 79.5 cm³/mol. The van der Waals surface area contributed by atoms with Gasteiger partial charge in [-0.3, -0.25) is 4.98 Å². The summed E-state index contributed by atoms with van der Waals surface area (Å²) >= 11 is 0. The Bertz CT molecular complexity index is 673. The normalized spacial score (nSPS) is 10.3. The van der Waals surface area contributed by atoms with Crippen LogP contribution in [0.3, 0.4) is 0 Å². The number of nitrogen functional groups attached to an aromatic ring is 1. The molecule has 0 aliphatic carbocycles. The van der Waals surface area contributed by atoms with Crippen molar-refractivity contribution in [2.45, 2.75) is 0 Å². The standard InChI is InChI=1S/C17H14N2/c18-14-10-8-13(9-11-14)15-5-1-2-6-16(15)17-7-3-4-12-19-17/h1-12H,18H2. The van der Waals surface area contributed by atoms with E-state index in [9.17, 15) is 0 Å². The van der Waals surface area contributed by atoms with E-state index in [1.165, 1.54) is 5.56 Å². The topological polar surface area (TPSA) is 38.9 Å². The summed E-state index contributed by atoms with van der Waals surface area (Å²) in [5.74, 6) is 0. The van der Waals surface area contributed by atoms with Crippen LogP contribution in [0.15, 0.2) is 72.9 Å². The van der Waals surface area contributed by atoms with E-state index >= 15 is 0 Å². The average molecular weight is 246 g/mol. The number of benzene rings is 2.